The number of fused-ring (bicyclic) bond motifs is 1. The molecule has 1 heterocycles. The first-order chi connectivity index (χ1) is 9.19. The van der Waals surface area contributed by atoms with E-state index in [2.05, 4.69) is 23.5 Å². The molecule has 1 aliphatic rings. The molecule has 100 valence electrons. The van der Waals surface area contributed by atoms with Crippen LogP contribution in [0.25, 0.3) is 0 Å². The van der Waals surface area contributed by atoms with E-state index in [1.54, 1.807) is 0 Å². The summed E-state index contributed by atoms with van der Waals surface area (Å²) in [4.78, 5) is 0. The van der Waals surface area contributed by atoms with Crippen molar-refractivity contribution in [2.45, 2.75) is 25.7 Å². The molecule has 0 spiro atoms. The Kier molecular flexibility index (Phi) is 3.23. The van der Waals surface area contributed by atoms with Crippen molar-refractivity contribution in [3.05, 3.63) is 46.1 Å². The molecule has 1 aromatic heterocycles. The number of halogens is 1. The standard InChI is InChI=1S/C15H17ClN2O/c1-9-6-12(10-4-3-5-11(16)8-10)14-13(7-9)15(17-2)19-18-14/h3-5,8-9,12,17H,6-7H2,1-2H3. The molecule has 0 saturated carbocycles. The second-order valence-corrected chi connectivity index (χ2v) is 5.71. The van der Waals surface area contributed by atoms with Crippen molar-refractivity contribution in [3.63, 3.8) is 0 Å². The Morgan fingerprint density at radius 3 is 3.00 bits per heavy atom. The highest BCUT2D eigenvalue weighted by Gasteiger charge is 2.31. The van der Waals surface area contributed by atoms with Crippen LogP contribution in [-0.2, 0) is 6.42 Å². The van der Waals surface area contributed by atoms with Crippen molar-refractivity contribution >= 4 is 17.5 Å². The van der Waals surface area contributed by atoms with Gasteiger partial charge in [-0.25, -0.2) is 0 Å². The maximum Gasteiger partial charge on any atom is 0.227 e. The van der Waals surface area contributed by atoms with Gasteiger partial charge in [-0.05, 0) is 36.5 Å². The van der Waals surface area contributed by atoms with Gasteiger partial charge in [0.25, 0.3) is 0 Å². The van der Waals surface area contributed by atoms with Gasteiger partial charge in [-0.1, -0.05) is 35.8 Å². The summed E-state index contributed by atoms with van der Waals surface area (Å²) in [7, 11) is 1.87. The quantitative estimate of drug-likeness (QED) is 0.898. The topological polar surface area (TPSA) is 38.1 Å². The van der Waals surface area contributed by atoms with E-state index >= 15 is 0 Å². The van der Waals surface area contributed by atoms with Crippen LogP contribution in [0.1, 0.15) is 36.1 Å². The number of hydrogen-bond acceptors (Lipinski definition) is 3. The molecule has 3 nitrogen and oxygen atoms in total. The summed E-state index contributed by atoms with van der Waals surface area (Å²) in [6.07, 6.45) is 2.11. The van der Waals surface area contributed by atoms with Crippen LogP contribution >= 0.6 is 11.6 Å². The molecule has 0 aliphatic heterocycles. The normalized spacial score (nSPS) is 22.1. The number of hydrogen-bond donors (Lipinski definition) is 1. The first-order valence-electron chi connectivity index (χ1n) is 6.60. The zero-order chi connectivity index (χ0) is 13.4. The van der Waals surface area contributed by atoms with Crippen molar-refractivity contribution in [1.82, 2.24) is 5.16 Å². The molecule has 1 aliphatic carbocycles. The van der Waals surface area contributed by atoms with Gasteiger partial charge in [-0.3, -0.25) is 0 Å². The first-order valence-corrected chi connectivity index (χ1v) is 6.98. The van der Waals surface area contributed by atoms with Crippen LogP contribution in [0.4, 0.5) is 5.88 Å². The number of anilines is 1. The van der Waals surface area contributed by atoms with E-state index in [1.807, 2.05) is 25.2 Å². The number of benzene rings is 1. The third kappa shape index (κ3) is 2.23. The van der Waals surface area contributed by atoms with Gasteiger partial charge in [0, 0.05) is 23.6 Å². The van der Waals surface area contributed by atoms with E-state index in [1.165, 1.54) is 11.1 Å². The van der Waals surface area contributed by atoms with Crippen LogP contribution in [0, 0.1) is 5.92 Å². The van der Waals surface area contributed by atoms with Gasteiger partial charge in [-0.2, -0.15) is 0 Å². The smallest absolute Gasteiger partial charge is 0.227 e. The van der Waals surface area contributed by atoms with E-state index in [4.69, 9.17) is 16.1 Å². The van der Waals surface area contributed by atoms with E-state index < -0.39 is 0 Å². The van der Waals surface area contributed by atoms with Crippen LogP contribution in [-0.4, -0.2) is 12.2 Å². The summed E-state index contributed by atoms with van der Waals surface area (Å²) in [6, 6.07) is 8.05. The minimum Gasteiger partial charge on any atom is -0.357 e. The summed E-state index contributed by atoms with van der Waals surface area (Å²) < 4.78 is 5.40. The third-order valence-electron chi connectivity index (χ3n) is 3.82. The minimum atomic E-state index is 0.281. The molecule has 3 rings (SSSR count). The van der Waals surface area contributed by atoms with E-state index in [9.17, 15) is 0 Å². The fourth-order valence-electron chi connectivity index (χ4n) is 2.95. The molecule has 4 heteroatoms. The van der Waals surface area contributed by atoms with Crippen LogP contribution < -0.4 is 5.32 Å². The van der Waals surface area contributed by atoms with E-state index in [0.29, 0.717) is 5.92 Å². The Morgan fingerprint density at radius 1 is 1.42 bits per heavy atom. The molecule has 2 unspecified atom stereocenters. The molecular formula is C15H17ClN2O. The van der Waals surface area contributed by atoms with E-state index in [-0.39, 0.29) is 5.92 Å². The maximum absolute atomic E-state index is 6.10. The lowest BCUT2D eigenvalue weighted by Gasteiger charge is -2.26. The highest BCUT2D eigenvalue weighted by molar-refractivity contribution is 6.30. The number of nitrogens with one attached hydrogen (secondary N) is 1. The largest absolute Gasteiger partial charge is 0.357 e. The van der Waals surface area contributed by atoms with Crippen molar-refractivity contribution < 1.29 is 4.52 Å². The molecule has 1 aromatic carbocycles. The molecule has 2 atom stereocenters. The van der Waals surface area contributed by atoms with Crippen molar-refractivity contribution in [1.29, 1.82) is 0 Å². The molecule has 0 bridgehead atoms. The summed E-state index contributed by atoms with van der Waals surface area (Å²) >= 11 is 6.10. The molecule has 19 heavy (non-hydrogen) atoms. The highest BCUT2D eigenvalue weighted by Crippen LogP contribution is 2.41. The Morgan fingerprint density at radius 2 is 2.26 bits per heavy atom. The van der Waals surface area contributed by atoms with Gasteiger partial charge in [0.1, 0.15) is 0 Å². The predicted octanol–water partition coefficient (Wildman–Crippen LogP) is 4.08. The van der Waals surface area contributed by atoms with Gasteiger partial charge in [0.15, 0.2) is 0 Å². The van der Waals surface area contributed by atoms with Crippen LogP contribution in [0.5, 0.6) is 0 Å². The van der Waals surface area contributed by atoms with Gasteiger partial charge >= 0.3 is 0 Å². The van der Waals surface area contributed by atoms with Crippen LogP contribution in [0.15, 0.2) is 28.8 Å². The minimum absolute atomic E-state index is 0.281. The van der Waals surface area contributed by atoms with Crippen molar-refractivity contribution in [2.24, 2.45) is 5.92 Å². The lowest BCUT2D eigenvalue weighted by molar-refractivity contribution is 0.410. The first kappa shape index (κ1) is 12.5. The molecule has 1 N–H and O–H groups in total. The van der Waals surface area contributed by atoms with Gasteiger partial charge in [0.2, 0.25) is 5.88 Å². The fourth-order valence-corrected chi connectivity index (χ4v) is 3.15. The molecule has 0 amide bonds. The van der Waals surface area contributed by atoms with E-state index in [0.717, 1.165) is 29.4 Å². The average Bonchev–Trinajstić information content (AvgIpc) is 2.80. The summed E-state index contributed by atoms with van der Waals surface area (Å²) in [5.41, 5.74) is 3.49. The number of rotatable bonds is 2. The molecule has 0 fully saturated rings. The second kappa shape index (κ2) is 4.89. The molecule has 2 aromatic rings. The third-order valence-corrected chi connectivity index (χ3v) is 4.05. The number of aromatic nitrogens is 1. The SMILES string of the molecule is CNc1onc2c1CC(C)CC2c1cccc(Cl)c1. The molecule has 0 saturated heterocycles. The van der Waals surface area contributed by atoms with Crippen molar-refractivity contribution in [3.8, 4) is 0 Å². The van der Waals surface area contributed by atoms with Crippen LogP contribution in [0.3, 0.4) is 0 Å². The predicted molar refractivity (Wildman–Crippen MR) is 76.8 cm³/mol. The Balaban J connectivity index is 2.06. The highest BCUT2D eigenvalue weighted by atomic mass is 35.5. The summed E-state index contributed by atoms with van der Waals surface area (Å²) in [5, 5.41) is 8.13. The Labute approximate surface area is 117 Å². The zero-order valence-corrected chi connectivity index (χ0v) is 11.9. The van der Waals surface area contributed by atoms with Gasteiger partial charge in [-0.15, -0.1) is 0 Å². The van der Waals surface area contributed by atoms with Gasteiger partial charge in [0.05, 0.1) is 5.69 Å². The fraction of sp³-hybridized carbons (Fsp3) is 0.400. The van der Waals surface area contributed by atoms with Crippen LogP contribution in [0.2, 0.25) is 5.02 Å². The van der Waals surface area contributed by atoms with Crippen molar-refractivity contribution in [2.75, 3.05) is 12.4 Å². The summed E-state index contributed by atoms with van der Waals surface area (Å²) in [6.45, 7) is 2.27. The zero-order valence-electron chi connectivity index (χ0n) is 11.1. The van der Waals surface area contributed by atoms with Gasteiger partial charge < -0.3 is 9.84 Å². The lowest BCUT2D eigenvalue weighted by atomic mass is 9.78. The second-order valence-electron chi connectivity index (χ2n) is 5.28. The lowest BCUT2D eigenvalue weighted by Crippen LogP contribution is -2.17. The molecular weight excluding hydrogens is 260 g/mol. The Bertz CT molecular complexity index is 594. The summed E-state index contributed by atoms with van der Waals surface area (Å²) in [5.74, 6) is 1.69. The molecule has 0 radical (unpaired) electrons. The number of nitrogens with zero attached hydrogens (tertiary/aromatic N) is 1. The maximum atomic E-state index is 6.10. The Hall–Kier alpha value is -1.48. The monoisotopic (exact) mass is 276 g/mol. The average molecular weight is 277 g/mol.